The molecule has 1 spiro atoms. The number of carbonyl (C=O) groups excluding carboxylic acids is 4. The Labute approximate surface area is 251 Å². The van der Waals surface area contributed by atoms with E-state index in [-0.39, 0.29) is 47.9 Å². The molecule has 1 saturated carbocycles. The predicted molar refractivity (Wildman–Crippen MR) is 158 cm³/mol. The molecule has 1 aromatic carbocycles. The van der Waals surface area contributed by atoms with Crippen molar-refractivity contribution in [1.82, 2.24) is 5.32 Å². The molecule has 230 valence electrons. The first kappa shape index (κ1) is 32.2. The van der Waals surface area contributed by atoms with E-state index in [1.807, 2.05) is 0 Å². The number of nitrogens with one attached hydrogen (secondary N) is 2. The monoisotopic (exact) mass is 602 g/mol. The number of benzene rings is 1. The molecule has 3 amide bonds. The number of anilines is 1. The fourth-order valence-corrected chi connectivity index (χ4v) is 6.52. The quantitative estimate of drug-likeness (QED) is 0.185. The fourth-order valence-electron chi connectivity index (χ4n) is 5.82. The van der Waals surface area contributed by atoms with Crippen molar-refractivity contribution in [3.05, 3.63) is 35.9 Å². The van der Waals surface area contributed by atoms with Crippen molar-refractivity contribution in [3.8, 4) is 0 Å². The third kappa shape index (κ3) is 8.00. The molecule has 0 bridgehead atoms. The van der Waals surface area contributed by atoms with E-state index in [0.717, 1.165) is 17.7 Å². The standard InChI is InChI=1S/C31H42N2O8S/c1-6-21(34)10-14-25(35)32-20-8-11-22(12-9-20)42-17-26(36)33-29(37)40-23-15-16-31(18-39-31)28(27(23)38-5)30(4)24(41-30)13-7-19(2)3/h7-9,11-12,23-24,27-28H,6,10,13-18H2,1-5H3,(H,32,35)(H,33,36,37)/t23-,24-,27-,28-,30?,31+/m1/s1. The number of rotatable bonds is 13. The molecule has 2 N–H and O–H groups in total. The van der Waals surface area contributed by atoms with Crippen LogP contribution < -0.4 is 10.6 Å². The molecule has 11 heteroatoms. The second kappa shape index (κ2) is 13.7. The topological polar surface area (TPSA) is 136 Å². The number of allylic oxidation sites excluding steroid dienone is 1. The van der Waals surface area contributed by atoms with Gasteiger partial charge in [-0.25, -0.2) is 4.79 Å². The van der Waals surface area contributed by atoms with Crippen LogP contribution in [0.15, 0.2) is 40.8 Å². The summed E-state index contributed by atoms with van der Waals surface area (Å²) < 4.78 is 23.8. The second-order valence-corrected chi connectivity index (χ2v) is 12.7. The number of ketones is 1. The van der Waals surface area contributed by atoms with Crippen molar-refractivity contribution in [2.75, 3.05) is 24.8 Å². The minimum atomic E-state index is -0.804. The van der Waals surface area contributed by atoms with Crippen molar-refractivity contribution in [3.63, 3.8) is 0 Å². The maximum atomic E-state index is 12.7. The van der Waals surface area contributed by atoms with Crippen molar-refractivity contribution >= 4 is 41.1 Å². The minimum absolute atomic E-state index is 0.00976. The molecule has 1 aromatic rings. The van der Waals surface area contributed by atoms with Gasteiger partial charge in [0.2, 0.25) is 11.8 Å². The molecular weight excluding hydrogens is 560 g/mol. The molecule has 1 unspecified atom stereocenters. The summed E-state index contributed by atoms with van der Waals surface area (Å²) in [6.45, 7) is 8.61. The second-order valence-electron chi connectivity index (χ2n) is 11.6. The van der Waals surface area contributed by atoms with Gasteiger partial charge < -0.3 is 24.3 Å². The van der Waals surface area contributed by atoms with Gasteiger partial charge in [0.1, 0.15) is 29.2 Å². The highest BCUT2D eigenvalue weighted by Crippen LogP contribution is 2.59. The van der Waals surface area contributed by atoms with E-state index in [4.69, 9.17) is 18.9 Å². The molecule has 1 aliphatic carbocycles. The fraction of sp³-hybridized carbons (Fsp3) is 0.613. The zero-order valence-corrected chi connectivity index (χ0v) is 25.8. The van der Waals surface area contributed by atoms with E-state index in [9.17, 15) is 19.2 Å². The number of carbonyl (C=O) groups is 4. The summed E-state index contributed by atoms with van der Waals surface area (Å²) in [4.78, 5) is 49.4. The van der Waals surface area contributed by atoms with Gasteiger partial charge in [-0.1, -0.05) is 18.6 Å². The zero-order chi connectivity index (χ0) is 30.5. The van der Waals surface area contributed by atoms with Gasteiger partial charge >= 0.3 is 6.09 Å². The van der Waals surface area contributed by atoms with Gasteiger partial charge in [-0.2, -0.15) is 0 Å². The number of thioether (sulfide) groups is 1. The van der Waals surface area contributed by atoms with E-state index in [1.54, 1.807) is 38.3 Å². The number of amides is 3. The van der Waals surface area contributed by atoms with Gasteiger partial charge in [0.15, 0.2) is 0 Å². The molecule has 6 atom stereocenters. The number of ether oxygens (including phenoxy) is 4. The number of hydrogen-bond donors (Lipinski definition) is 2. The summed E-state index contributed by atoms with van der Waals surface area (Å²) >= 11 is 1.25. The molecule has 3 aliphatic rings. The molecule has 42 heavy (non-hydrogen) atoms. The summed E-state index contributed by atoms with van der Waals surface area (Å²) in [7, 11) is 1.61. The normalized spacial score (nSPS) is 29.4. The van der Waals surface area contributed by atoms with Crippen LogP contribution in [-0.2, 0) is 33.3 Å². The lowest BCUT2D eigenvalue weighted by atomic mass is 9.68. The van der Waals surface area contributed by atoms with Crippen molar-refractivity contribution in [2.24, 2.45) is 5.92 Å². The van der Waals surface area contributed by atoms with Crippen LogP contribution in [0.5, 0.6) is 0 Å². The van der Waals surface area contributed by atoms with Gasteiger partial charge in [-0.3, -0.25) is 19.7 Å². The van der Waals surface area contributed by atoms with Crippen molar-refractivity contribution < 1.29 is 38.1 Å². The lowest BCUT2D eigenvalue weighted by Crippen LogP contribution is -2.56. The number of imide groups is 1. The summed E-state index contributed by atoms with van der Waals surface area (Å²) in [6, 6.07) is 7.00. The lowest BCUT2D eigenvalue weighted by molar-refractivity contribution is -0.124. The van der Waals surface area contributed by atoms with Crippen LogP contribution >= 0.6 is 11.8 Å². The predicted octanol–water partition coefficient (Wildman–Crippen LogP) is 4.81. The van der Waals surface area contributed by atoms with Gasteiger partial charge in [-0.05, 0) is 64.3 Å². The van der Waals surface area contributed by atoms with Crippen LogP contribution in [0.2, 0.25) is 0 Å². The van der Waals surface area contributed by atoms with E-state index in [1.165, 1.54) is 17.3 Å². The Bertz CT molecular complexity index is 1190. The van der Waals surface area contributed by atoms with E-state index >= 15 is 0 Å². The number of Topliss-reactive ketones (excluding diaryl/α,β-unsaturated/α-hetero) is 1. The van der Waals surface area contributed by atoms with Gasteiger partial charge in [-0.15, -0.1) is 11.8 Å². The SMILES string of the molecule is CCC(=O)CCC(=O)Nc1ccc(SCC(=O)NC(=O)O[C@@H]2CC[C@]3(CO3)[C@@H](C3(C)O[C@@H]3CC=C(C)C)[C@@H]2OC)cc1. The number of epoxide rings is 2. The van der Waals surface area contributed by atoms with Crippen LogP contribution in [0.3, 0.4) is 0 Å². The Kier molecular flexibility index (Phi) is 10.5. The Morgan fingerprint density at radius 2 is 1.83 bits per heavy atom. The van der Waals surface area contributed by atoms with Gasteiger partial charge in [0.05, 0.1) is 24.4 Å². The third-order valence-corrected chi connectivity index (χ3v) is 9.28. The third-order valence-electron chi connectivity index (χ3n) is 8.27. The van der Waals surface area contributed by atoms with Crippen molar-refractivity contribution in [2.45, 2.75) is 101 Å². The smallest absolute Gasteiger partial charge is 0.414 e. The maximum Gasteiger partial charge on any atom is 0.414 e. The summed E-state index contributed by atoms with van der Waals surface area (Å²) in [5.41, 5.74) is 1.06. The molecule has 4 rings (SSSR count). The molecular formula is C31H42N2O8S. The molecule has 3 fully saturated rings. The van der Waals surface area contributed by atoms with Gasteiger partial charge in [0.25, 0.3) is 0 Å². The Morgan fingerprint density at radius 3 is 2.45 bits per heavy atom. The van der Waals surface area contributed by atoms with Crippen LogP contribution in [0, 0.1) is 5.92 Å². The molecule has 2 aliphatic heterocycles. The number of methoxy groups -OCH3 is 1. The average molecular weight is 603 g/mol. The summed E-state index contributed by atoms with van der Waals surface area (Å²) in [6.07, 6.45) is 3.32. The van der Waals surface area contributed by atoms with Crippen LogP contribution in [-0.4, -0.2) is 72.7 Å². The van der Waals surface area contributed by atoms with Crippen molar-refractivity contribution in [1.29, 1.82) is 0 Å². The van der Waals surface area contributed by atoms with E-state index in [2.05, 4.69) is 37.5 Å². The summed E-state index contributed by atoms with van der Waals surface area (Å²) in [5, 5.41) is 5.08. The molecule has 2 heterocycles. The van der Waals surface area contributed by atoms with Crippen LogP contribution in [0.25, 0.3) is 0 Å². The number of hydrogen-bond acceptors (Lipinski definition) is 9. The Morgan fingerprint density at radius 1 is 1.12 bits per heavy atom. The highest BCUT2D eigenvalue weighted by Gasteiger charge is 2.72. The zero-order valence-electron chi connectivity index (χ0n) is 25.0. The maximum absolute atomic E-state index is 12.7. The van der Waals surface area contributed by atoms with Crippen LogP contribution in [0.1, 0.15) is 66.2 Å². The first-order valence-electron chi connectivity index (χ1n) is 14.5. The minimum Gasteiger partial charge on any atom is -0.443 e. The highest BCUT2D eigenvalue weighted by molar-refractivity contribution is 8.00. The first-order valence-corrected chi connectivity index (χ1v) is 15.5. The Balaban J connectivity index is 1.24. The molecule has 10 nitrogen and oxygen atoms in total. The summed E-state index contributed by atoms with van der Waals surface area (Å²) in [5.74, 6) is -0.749. The number of alkyl carbamates (subject to hydrolysis) is 1. The average Bonchev–Trinajstić information content (AvgIpc) is 3.87. The highest BCUT2D eigenvalue weighted by atomic mass is 32.2. The van der Waals surface area contributed by atoms with Crippen LogP contribution in [0.4, 0.5) is 10.5 Å². The van der Waals surface area contributed by atoms with E-state index < -0.39 is 29.8 Å². The van der Waals surface area contributed by atoms with E-state index in [0.29, 0.717) is 25.1 Å². The molecule has 0 radical (unpaired) electrons. The molecule has 2 saturated heterocycles. The Hall–Kier alpha value is -2.73. The lowest BCUT2D eigenvalue weighted by Gasteiger charge is -2.42. The first-order chi connectivity index (χ1) is 20.0. The van der Waals surface area contributed by atoms with Gasteiger partial charge in [0, 0.05) is 37.0 Å². The largest absolute Gasteiger partial charge is 0.443 e. The molecule has 0 aromatic heterocycles.